The van der Waals surface area contributed by atoms with Crippen molar-refractivity contribution in [2.45, 2.75) is 25.8 Å². The number of hydrogen-bond acceptors (Lipinski definition) is 5. The molecule has 1 heterocycles. The van der Waals surface area contributed by atoms with Crippen LogP contribution in [0.2, 0.25) is 0 Å². The van der Waals surface area contributed by atoms with Crippen molar-refractivity contribution in [2.24, 2.45) is 5.73 Å². The molecule has 0 aliphatic heterocycles. The minimum Gasteiger partial charge on any atom is -0.354 e. The largest absolute Gasteiger partial charge is 0.354 e. The Morgan fingerprint density at radius 2 is 2.26 bits per heavy atom. The molecule has 8 nitrogen and oxygen atoms in total. The molecule has 1 aromatic heterocycles. The molecule has 0 saturated heterocycles. The normalized spacial score (nSPS) is 10.7. The maximum absolute atomic E-state index is 11.9. The van der Waals surface area contributed by atoms with Gasteiger partial charge in [-0.15, -0.1) is 12.4 Å². The summed E-state index contributed by atoms with van der Waals surface area (Å²) in [6.45, 7) is 4.25. The predicted octanol–water partition coefficient (Wildman–Crippen LogP) is 0.413. The van der Waals surface area contributed by atoms with Crippen LogP contribution in [0, 0.1) is 10.1 Å². The van der Waals surface area contributed by atoms with E-state index in [9.17, 15) is 14.9 Å². The molecular formula is C10H18ClN5O3. The van der Waals surface area contributed by atoms with E-state index >= 15 is 0 Å². The Morgan fingerprint density at radius 1 is 1.63 bits per heavy atom. The second kappa shape index (κ2) is 7.05. The number of carbonyl (C=O) groups is 1. The van der Waals surface area contributed by atoms with Crippen LogP contribution in [0.1, 0.15) is 20.3 Å². The maximum Gasteiger partial charge on any atom is 0.307 e. The molecule has 1 aromatic rings. The first-order valence-corrected chi connectivity index (χ1v) is 5.57. The average molecular weight is 292 g/mol. The summed E-state index contributed by atoms with van der Waals surface area (Å²) in [6, 6.07) is 0. The third-order valence-corrected chi connectivity index (χ3v) is 2.57. The lowest BCUT2D eigenvalue weighted by Gasteiger charge is -2.23. The summed E-state index contributed by atoms with van der Waals surface area (Å²) in [6.07, 6.45) is 3.04. The molecule has 3 N–H and O–H groups in total. The molecule has 108 valence electrons. The van der Waals surface area contributed by atoms with Crippen LogP contribution in [-0.4, -0.2) is 33.7 Å². The molecule has 0 atom stereocenters. The fourth-order valence-corrected chi connectivity index (χ4v) is 1.34. The number of nitrogens with one attached hydrogen (secondary N) is 1. The molecule has 0 unspecified atom stereocenters. The lowest BCUT2D eigenvalue weighted by atomic mass is 10.1. The van der Waals surface area contributed by atoms with Crippen molar-refractivity contribution in [3.63, 3.8) is 0 Å². The van der Waals surface area contributed by atoms with Crippen LogP contribution < -0.4 is 11.1 Å². The fraction of sp³-hybridized carbons (Fsp3) is 0.600. The second-order valence-corrected chi connectivity index (χ2v) is 4.36. The van der Waals surface area contributed by atoms with Crippen molar-refractivity contribution >= 4 is 24.0 Å². The number of nitrogens with zero attached hydrogens (tertiary/aromatic N) is 3. The number of amides is 1. The Hall–Kier alpha value is -1.67. The third-order valence-electron chi connectivity index (χ3n) is 2.57. The predicted molar refractivity (Wildman–Crippen MR) is 72.1 cm³/mol. The molecule has 19 heavy (non-hydrogen) atoms. The van der Waals surface area contributed by atoms with E-state index in [0.29, 0.717) is 19.5 Å². The highest BCUT2D eigenvalue weighted by Gasteiger charge is 2.31. The van der Waals surface area contributed by atoms with Gasteiger partial charge < -0.3 is 11.1 Å². The molecule has 1 amide bonds. The van der Waals surface area contributed by atoms with Gasteiger partial charge in [0.1, 0.15) is 17.9 Å². The highest BCUT2D eigenvalue weighted by Crippen LogP contribution is 2.18. The number of nitrogens with two attached hydrogens (primary N) is 1. The first kappa shape index (κ1) is 17.3. The van der Waals surface area contributed by atoms with Crippen molar-refractivity contribution in [2.75, 3.05) is 13.1 Å². The summed E-state index contributed by atoms with van der Waals surface area (Å²) in [5, 5.41) is 17.1. The van der Waals surface area contributed by atoms with E-state index in [4.69, 9.17) is 5.73 Å². The molecule has 0 radical (unpaired) electrons. The van der Waals surface area contributed by atoms with Crippen molar-refractivity contribution in [1.82, 2.24) is 15.1 Å². The van der Waals surface area contributed by atoms with Gasteiger partial charge in [0, 0.05) is 6.54 Å². The van der Waals surface area contributed by atoms with Crippen LogP contribution in [0.3, 0.4) is 0 Å². The monoisotopic (exact) mass is 291 g/mol. The van der Waals surface area contributed by atoms with Gasteiger partial charge in [-0.05, 0) is 26.8 Å². The first-order chi connectivity index (χ1) is 8.39. The molecule has 0 spiro atoms. The van der Waals surface area contributed by atoms with Gasteiger partial charge >= 0.3 is 5.69 Å². The van der Waals surface area contributed by atoms with Crippen molar-refractivity contribution in [1.29, 1.82) is 0 Å². The van der Waals surface area contributed by atoms with Gasteiger partial charge in [-0.25, -0.2) is 0 Å². The minimum absolute atomic E-state index is 0. The number of nitro groups is 1. The van der Waals surface area contributed by atoms with Gasteiger partial charge in [0.25, 0.3) is 0 Å². The summed E-state index contributed by atoms with van der Waals surface area (Å²) in [7, 11) is 0. The number of rotatable bonds is 6. The lowest BCUT2D eigenvalue weighted by molar-refractivity contribution is -0.385. The lowest BCUT2D eigenvalue weighted by Crippen LogP contribution is -2.45. The summed E-state index contributed by atoms with van der Waals surface area (Å²) in [5.41, 5.74) is 4.20. The van der Waals surface area contributed by atoms with E-state index in [2.05, 4.69) is 10.4 Å². The molecule has 0 aliphatic carbocycles. The van der Waals surface area contributed by atoms with E-state index in [-0.39, 0.29) is 24.0 Å². The average Bonchev–Trinajstić information content (AvgIpc) is 2.79. The molecule has 1 rings (SSSR count). The molecule has 0 aromatic carbocycles. The van der Waals surface area contributed by atoms with Gasteiger partial charge in [0.15, 0.2) is 0 Å². The fourth-order valence-electron chi connectivity index (χ4n) is 1.34. The Labute approximate surface area is 116 Å². The highest BCUT2D eigenvalue weighted by molar-refractivity contribution is 5.85. The standard InChI is InChI=1S/C10H17N5O3.ClH/c1-10(2,9(16)12-5-3-4-11)14-7-8(6-13-14)15(17)18;/h6-7H,3-5,11H2,1-2H3,(H,12,16);1H. The number of carbonyl (C=O) groups excluding carboxylic acids is 1. The van der Waals surface area contributed by atoms with E-state index in [1.807, 2.05) is 0 Å². The Morgan fingerprint density at radius 3 is 2.74 bits per heavy atom. The molecule has 0 fully saturated rings. The summed E-state index contributed by atoms with van der Waals surface area (Å²) >= 11 is 0. The maximum atomic E-state index is 11.9. The number of halogens is 1. The zero-order chi connectivity index (χ0) is 13.8. The van der Waals surface area contributed by atoms with Crippen LogP contribution in [0.5, 0.6) is 0 Å². The molecule has 0 aliphatic rings. The van der Waals surface area contributed by atoms with Crippen LogP contribution in [0.4, 0.5) is 5.69 Å². The quantitative estimate of drug-likeness (QED) is 0.447. The van der Waals surface area contributed by atoms with Crippen LogP contribution in [0.25, 0.3) is 0 Å². The van der Waals surface area contributed by atoms with Crippen LogP contribution in [-0.2, 0) is 10.3 Å². The zero-order valence-corrected chi connectivity index (χ0v) is 11.6. The van der Waals surface area contributed by atoms with E-state index in [1.54, 1.807) is 13.8 Å². The first-order valence-electron chi connectivity index (χ1n) is 5.57. The second-order valence-electron chi connectivity index (χ2n) is 4.36. The summed E-state index contributed by atoms with van der Waals surface area (Å²) in [4.78, 5) is 21.9. The molecule has 0 saturated carbocycles. The zero-order valence-electron chi connectivity index (χ0n) is 10.8. The van der Waals surface area contributed by atoms with Crippen molar-refractivity contribution < 1.29 is 9.72 Å². The molecule has 9 heteroatoms. The van der Waals surface area contributed by atoms with E-state index in [0.717, 1.165) is 6.20 Å². The summed E-state index contributed by atoms with van der Waals surface area (Å²) in [5.74, 6) is -0.256. The van der Waals surface area contributed by atoms with Crippen molar-refractivity contribution in [3.05, 3.63) is 22.5 Å². The minimum atomic E-state index is -0.983. The van der Waals surface area contributed by atoms with Gasteiger partial charge in [0.05, 0.1) is 4.92 Å². The number of aromatic nitrogens is 2. The van der Waals surface area contributed by atoms with Gasteiger partial charge in [-0.3, -0.25) is 19.6 Å². The van der Waals surface area contributed by atoms with E-state index < -0.39 is 10.5 Å². The Bertz CT molecular complexity index is 446. The topological polar surface area (TPSA) is 116 Å². The third kappa shape index (κ3) is 4.18. The molecular weight excluding hydrogens is 274 g/mol. The van der Waals surface area contributed by atoms with Gasteiger partial charge in [-0.1, -0.05) is 0 Å². The van der Waals surface area contributed by atoms with Crippen LogP contribution in [0.15, 0.2) is 12.4 Å². The Balaban J connectivity index is 0.00000324. The summed E-state index contributed by atoms with van der Waals surface area (Å²) < 4.78 is 1.28. The van der Waals surface area contributed by atoms with Crippen molar-refractivity contribution in [3.8, 4) is 0 Å². The smallest absolute Gasteiger partial charge is 0.307 e. The SMILES string of the molecule is CC(C)(C(=O)NCCCN)n1cc([N+](=O)[O-])cn1.Cl. The van der Waals surface area contributed by atoms with Gasteiger partial charge in [-0.2, -0.15) is 5.10 Å². The molecule has 0 bridgehead atoms. The van der Waals surface area contributed by atoms with E-state index in [1.165, 1.54) is 10.9 Å². The van der Waals surface area contributed by atoms with Gasteiger partial charge in [0.2, 0.25) is 5.91 Å². The number of hydrogen-bond donors (Lipinski definition) is 2. The van der Waals surface area contributed by atoms with Crippen LogP contribution >= 0.6 is 12.4 Å². The Kier molecular flexibility index (Phi) is 6.43. The highest BCUT2D eigenvalue weighted by atomic mass is 35.5.